The number of rotatable bonds is 3. The van der Waals surface area contributed by atoms with Crippen LogP contribution in [0.15, 0.2) is 43.6 Å². The molecule has 2 rings (SSSR count). The van der Waals surface area contributed by atoms with Crippen LogP contribution in [-0.4, -0.2) is 14.5 Å². The fourth-order valence-electron chi connectivity index (χ4n) is 1.45. The minimum Gasteiger partial charge on any atom is -0.398 e. The summed E-state index contributed by atoms with van der Waals surface area (Å²) in [6.07, 6.45) is 8.76. The van der Waals surface area contributed by atoms with E-state index in [1.807, 2.05) is 10.6 Å². The molecule has 0 amide bonds. The van der Waals surface area contributed by atoms with Gasteiger partial charge in [-0.2, -0.15) is 0 Å². The van der Waals surface area contributed by atoms with Crippen molar-refractivity contribution in [2.75, 3.05) is 5.73 Å². The Morgan fingerprint density at radius 2 is 2.27 bits per heavy atom. The number of aromatic nitrogens is 3. The third kappa shape index (κ3) is 1.74. The molecule has 0 atom stereocenters. The maximum Gasteiger partial charge on any atom is 0.0953 e. The Balaban J connectivity index is 2.49. The molecule has 0 saturated heterocycles. The van der Waals surface area contributed by atoms with E-state index in [0.717, 1.165) is 11.3 Å². The first-order chi connectivity index (χ1) is 7.33. The monoisotopic (exact) mass is 200 g/mol. The number of allylic oxidation sites excluding steroid dienone is 1. The van der Waals surface area contributed by atoms with Crippen LogP contribution in [0.2, 0.25) is 0 Å². The van der Waals surface area contributed by atoms with Crippen molar-refractivity contribution < 1.29 is 0 Å². The second-order valence-electron chi connectivity index (χ2n) is 3.18. The van der Waals surface area contributed by atoms with E-state index in [-0.39, 0.29) is 0 Å². The van der Waals surface area contributed by atoms with Gasteiger partial charge in [-0.3, -0.25) is 4.98 Å². The van der Waals surface area contributed by atoms with Crippen LogP contribution in [0, 0.1) is 0 Å². The SMILES string of the molecule is C=CCn1cncc1-c1cnccc1N. The maximum absolute atomic E-state index is 5.87. The minimum atomic E-state index is 0.704. The number of nitrogens with zero attached hydrogens (tertiary/aromatic N) is 3. The molecule has 0 aliphatic carbocycles. The number of hydrogen-bond donors (Lipinski definition) is 1. The summed E-state index contributed by atoms with van der Waals surface area (Å²) >= 11 is 0. The van der Waals surface area contributed by atoms with E-state index in [9.17, 15) is 0 Å². The van der Waals surface area contributed by atoms with Crippen LogP contribution in [0.3, 0.4) is 0 Å². The average molecular weight is 200 g/mol. The van der Waals surface area contributed by atoms with Crippen molar-refractivity contribution in [3.8, 4) is 11.3 Å². The molecule has 2 N–H and O–H groups in total. The number of nitrogen functional groups attached to an aromatic ring is 1. The van der Waals surface area contributed by atoms with E-state index in [4.69, 9.17) is 5.73 Å². The van der Waals surface area contributed by atoms with Crippen LogP contribution >= 0.6 is 0 Å². The Labute approximate surface area is 88.1 Å². The number of imidazole rings is 1. The van der Waals surface area contributed by atoms with Crippen molar-refractivity contribution in [1.82, 2.24) is 14.5 Å². The lowest BCUT2D eigenvalue weighted by Crippen LogP contribution is -1.98. The van der Waals surface area contributed by atoms with E-state index in [1.54, 1.807) is 31.0 Å². The molecule has 2 heterocycles. The van der Waals surface area contributed by atoms with Crippen molar-refractivity contribution in [3.05, 3.63) is 43.6 Å². The van der Waals surface area contributed by atoms with Crippen LogP contribution < -0.4 is 5.73 Å². The Hall–Kier alpha value is -2.10. The molecule has 0 aliphatic rings. The summed E-state index contributed by atoms with van der Waals surface area (Å²) in [5.74, 6) is 0. The molecule has 15 heavy (non-hydrogen) atoms. The van der Waals surface area contributed by atoms with E-state index in [1.165, 1.54) is 0 Å². The zero-order valence-electron chi connectivity index (χ0n) is 8.30. The molecule has 2 aromatic rings. The van der Waals surface area contributed by atoms with E-state index in [0.29, 0.717) is 12.2 Å². The standard InChI is InChI=1S/C11H12N4/c1-2-5-15-8-14-7-11(15)9-6-13-4-3-10(9)12/h2-4,6-8H,1,5H2,(H2,12,13). The largest absolute Gasteiger partial charge is 0.398 e. The predicted molar refractivity (Wildman–Crippen MR) is 60.1 cm³/mol. The van der Waals surface area contributed by atoms with Gasteiger partial charge in [0.2, 0.25) is 0 Å². The van der Waals surface area contributed by atoms with Crippen LogP contribution in [-0.2, 0) is 6.54 Å². The quantitative estimate of drug-likeness (QED) is 0.767. The van der Waals surface area contributed by atoms with Gasteiger partial charge in [-0.05, 0) is 6.07 Å². The molecule has 0 unspecified atom stereocenters. The molecule has 4 nitrogen and oxygen atoms in total. The fraction of sp³-hybridized carbons (Fsp3) is 0.0909. The lowest BCUT2D eigenvalue weighted by molar-refractivity contribution is 0.829. The molecule has 0 aliphatic heterocycles. The van der Waals surface area contributed by atoms with E-state index < -0.39 is 0 Å². The Kier molecular flexibility index (Phi) is 2.49. The number of hydrogen-bond acceptors (Lipinski definition) is 3. The van der Waals surface area contributed by atoms with Gasteiger partial charge in [0.05, 0.1) is 18.2 Å². The average Bonchev–Trinajstić information content (AvgIpc) is 2.67. The molecule has 0 radical (unpaired) electrons. The molecule has 0 fully saturated rings. The van der Waals surface area contributed by atoms with E-state index >= 15 is 0 Å². The topological polar surface area (TPSA) is 56.7 Å². The number of nitrogens with two attached hydrogens (primary N) is 1. The van der Waals surface area contributed by atoms with Gasteiger partial charge >= 0.3 is 0 Å². The van der Waals surface area contributed by atoms with Crippen molar-refractivity contribution >= 4 is 5.69 Å². The zero-order valence-corrected chi connectivity index (χ0v) is 8.30. The lowest BCUT2D eigenvalue weighted by atomic mass is 10.2. The van der Waals surface area contributed by atoms with Gasteiger partial charge in [0.25, 0.3) is 0 Å². The predicted octanol–water partition coefficient (Wildman–Crippen LogP) is 1.71. The summed E-state index contributed by atoms with van der Waals surface area (Å²) in [6, 6.07) is 1.78. The zero-order chi connectivity index (χ0) is 10.7. The summed E-state index contributed by atoms with van der Waals surface area (Å²) in [6.45, 7) is 4.41. The molecule has 2 aromatic heterocycles. The maximum atomic E-state index is 5.87. The van der Waals surface area contributed by atoms with Crippen molar-refractivity contribution in [1.29, 1.82) is 0 Å². The first-order valence-corrected chi connectivity index (χ1v) is 4.64. The van der Waals surface area contributed by atoms with Crippen molar-refractivity contribution in [2.45, 2.75) is 6.54 Å². The summed E-state index contributed by atoms with van der Waals surface area (Å²) in [4.78, 5) is 8.15. The van der Waals surface area contributed by atoms with Gasteiger partial charge in [0.15, 0.2) is 0 Å². The van der Waals surface area contributed by atoms with Crippen molar-refractivity contribution in [3.63, 3.8) is 0 Å². The summed E-state index contributed by atoms with van der Waals surface area (Å²) in [5.41, 5.74) is 8.43. The molecule has 76 valence electrons. The molecule has 0 aromatic carbocycles. The summed E-state index contributed by atoms with van der Waals surface area (Å²) in [5, 5.41) is 0. The summed E-state index contributed by atoms with van der Waals surface area (Å²) < 4.78 is 1.97. The van der Waals surface area contributed by atoms with Crippen LogP contribution in [0.1, 0.15) is 0 Å². The van der Waals surface area contributed by atoms with Crippen LogP contribution in [0.5, 0.6) is 0 Å². The molecule has 4 heteroatoms. The van der Waals surface area contributed by atoms with Gasteiger partial charge in [-0.15, -0.1) is 6.58 Å². The van der Waals surface area contributed by atoms with Crippen LogP contribution in [0.4, 0.5) is 5.69 Å². The second-order valence-corrected chi connectivity index (χ2v) is 3.18. The Morgan fingerprint density at radius 3 is 3.00 bits per heavy atom. The molecule has 0 spiro atoms. The third-order valence-electron chi connectivity index (χ3n) is 2.17. The highest BCUT2D eigenvalue weighted by molar-refractivity contribution is 5.72. The summed E-state index contributed by atoms with van der Waals surface area (Å²) in [7, 11) is 0. The highest BCUT2D eigenvalue weighted by Gasteiger charge is 2.06. The first kappa shape index (κ1) is 9.45. The smallest absolute Gasteiger partial charge is 0.0953 e. The molecular weight excluding hydrogens is 188 g/mol. The van der Waals surface area contributed by atoms with Gasteiger partial charge in [0, 0.05) is 30.2 Å². The fourth-order valence-corrected chi connectivity index (χ4v) is 1.45. The molecule has 0 bridgehead atoms. The Bertz CT molecular complexity index is 473. The highest BCUT2D eigenvalue weighted by Crippen LogP contribution is 2.23. The van der Waals surface area contributed by atoms with Gasteiger partial charge < -0.3 is 10.3 Å². The normalized spacial score (nSPS) is 10.1. The first-order valence-electron chi connectivity index (χ1n) is 4.64. The Morgan fingerprint density at radius 1 is 1.40 bits per heavy atom. The minimum absolute atomic E-state index is 0.704. The van der Waals surface area contributed by atoms with Gasteiger partial charge in [-0.1, -0.05) is 6.08 Å². The van der Waals surface area contributed by atoms with Crippen LogP contribution in [0.25, 0.3) is 11.3 Å². The highest BCUT2D eigenvalue weighted by atomic mass is 15.0. The van der Waals surface area contributed by atoms with E-state index in [2.05, 4.69) is 16.5 Å². The molecule has 0 saturated carbocycles. The van der Waals surface area contributed by atoms with Gasteiger partial charge in [-0.25, -0.2) is 4.98 Å². The number of anilines is 1. The molecular formula is C11H12N4. The third-order valence-corrected chi connectivity index (χ3v) is 2.17. The lowest BCUT2D eigenvalue weighted by Gasteiger charge is -2.07. The van der Waals surface area contributed by atoms with Gasteiger partial charge in [0.1, 0.15) is 0 Å². The van der Waals surface area contributed by atoms with Crippen molar-refractivity contribution in [2.24, 2.45) is 0 Å². The number of pyridine rings is 1. The second kappa shape index (κ2) is 3.96.